The number of piperazine rings is 1. The number of nitro benzene ring substituents is 1. The molecular weight excluding hydrogens is 301 g/mol. The van der Waals surface area contributed by atoms with Crippen LogP contribution in [0, 0.1) is 10.1 Å². The minimum absolute atomic E-state index is 0. The Morgan fingerprint density at radius 1 is 1.35 bits per heavy atom. The SMILES string of the molecule is CC[C@@H](c1cccc([N+](=O)[O-])c1)N1CCNCC1.Cl.Cl. The summed E-state index contributed by atoms with van der Waals surface area (Å²) in [5.74, 6) is 0. The maximum atomic E-state index is 10.8. The zero-order valence-corrected chi connectivity index (χ0v) is 13.1. The Kier molecular flexibility index (Phi) is 8.73. The van der Waals surface area contributed by atoms with E-state index in [2.05, 4.69) is 17.1 Å². The Bertz CT molecular complexity index is 426. The molecule has 1 heterocycles. The largest absolute Gasteiger partial charge is 0.314 e. The highest BCUT2D eigenvalue weighted by atomic mass is 35.5. The number of benzene rings is 1. The van der Waals surface area contributed by atoms with E-state index in [1.54, 1.807) is 18.2 Å². The van der Waals surface area contributed by atoms with Crippen LogP contribution in [0.1, 0.15) is 24.9 Å². The molecule has 1 saturated heterocycles. The van der Waals surface area contributed by atoms with Gasteiger partial charge in [-0.05, 0) is 12.0 Å². The molecule has 1 N–H and O–H groups in total. The number of hydrogen-bond donors (Lipinski definition) is 1. The molecule has 2 rings (SSSR count). The Balaban J connectivity index is 0.00000180. The molecule has 5 nitrogen and oxygen atoms in total. The Morgan fingerprint density at radius 3 is 2.55 bits per heavy atom. The molecule has 0 amide bonds. The number of halogens is 2. The van der Waals surface area contributed by atoms with Crippen molar-refractivity contribution in [3.05, 3.63) is 39.9 Å². The van der Waals surface area contributed by atoms with Crippen molar-refractivity contribution in [2.45, 2.75) is 19.4 Å². The van der Waals surface area contributed by atoms with Gasteiger partial charge in [-0.1, -0.05) is 19.1 Å². The number of nitro groups is 1. The molecule has 20 heavy (non-hydrogen) atoms. The number of nitrogens with one attached hydrogen (secondary N) is 1. The van der Waals surface area contributed by atoms with E-state index in [-0.39, 0.29) is 41.5 Å². The second kappa shape index (κ2) is 9.13. The zero-order chi connectivity index (χ0) is 13.0. The third-order valence-electron chi connectivity index (χ3n) is 3.44. The molecule has 1 aromatic rings. The van der Waals surface area contributed by atoms with Gasteiger partial charge in [0.25, 0.3) is 5.69 Å². The van der Waals surface area contributed by atoms with Gasteiger partial charge in [-0.3, -0.25) is 15.0 Å². The maximum absolute atomic E-state index is 10.8. The third kappa shape index (κ3) is 4.59. The van der Waals surface area contributed by atoms with Gasteiger partial charge in [-0.15, -0.1) is 24.8 Å². The van der Waals surface area contributed by atoms with Crippen LogP contribution < -0.4 is 5.32 Å². The second-order valence-corrected chi connectivity index (χ2v) is 4.56. The highest BCUT2D eigenvalue weighted by Crippen LogP contribution is 2.27. The third-order valence-corrected chi connectivity index (χ3v) is 3.44. The molecule has 1 aliphatic rings. The second-order valence-electron chi connectivity index (χ2n) is 4.56. The van der Waals surface area contributed by atoms with E-state index in [0.717, 1.165) is 38.2 Å². The molecule has 1 atom stereocenters. The molecular formula is C13H21Cl2N3O2. The van der Waals surface area contributed by atoms with Crippen molar-refractivity contribution in [3.8, 4) is 0 Å². The van der Waals surface area contributed by atoms with Crippen molar-refractivity contribution in [2.24, 2.45) is 0 Å². The number of hydrogen-bond acceptors (Lipinski definition) is 4. The van der Waals surface area contributed by atoms with E-state index in [0.29, 0.717) is 0 Å². The topological polar surface area (TPSA) is 58.4 Å². The van der Waals surface area contributed by atoms with E-state index >= 15 is 0 Å². The molecule has 0 aromatic heterocycles. The Hall–Kier alpha value is -0.880. The van der Waals surface area contributed by atoms with Crippen LogP contribution in [0.3, 0.4) is 0 Å². The molecule has 0 saturated carbocycles. The van der Waals surface area contributed by atoms with Crippen LogP contribution in [-0.2, 0) is 0 Å². The number of non-ortho nitro benzene ring substituents is 1. The smallest absolute Gasteiger partial charge is 0.269 e. The Morgan fingerprint density at radius 2 is 2.00 bits per heavy atom. The average molecular weight is 322 g/mol. The molecule has 114 valence electrons. The van der Waals surface area contributed by atoms with E-state index in [1.807, 2.05) is 6.07 Å². The number of rotatable bonds is 4. The summed E-state index contributed by atoms with van der Waals surface area (Å²) in [6.07, 6.45) is 0.973. The molecule has 1 fully saturated rings. The lowest BCUT2D eigenvalue weighted by Crippen LogP contribution is -2.45. The predicted octanol–water partition coefficient (Wildman–Crippen LogP) is 2.79. The van der Waals surface area contributed by atoms with E-state index in [9.17, 15) is 10.1 Å². The predicted molar refractivity (Wildman–Crippen MR) is 85.1 cm³/mol. The number of nitrogens with zero attached hydrogens (tertiary/aromatic N) is 2. The first kappa shape index (κ1) is 19.1. The lowest BCUT2D eigenvalue weighted by Gasteiger charge is -2.34. The highest BCUT2D eigenvalue weighted by molar-refractivity contribution is 5.85. The molecule has 7 heteroatoms. The van der Waals surface area contributed by atoms with Crippen molar-refractivity contribution < 1.29 is 4.92 Å². The van der Waals surface area contributed by atoms with Crippen molar-refractivity contribution in [3.63, 3.8) is 0 Å². The summed E-state index contributed by atoms with van der Waals surface area (Å²) in [5.41, 5.74) is 1.23. The van der Waals surface area contributed by atoms with Crippen LogP contribution in [0.25, 0.3) is 0 Å². The molecule has 0 spiro atoms. The van der Waals surface area contributed by atoms with Crippen LogP contribution >= 0.6 is 24.8 Å². The maximum Gasteiger partial charge on any atom is 0.269 e. The molecule has 0 unspecified atom stereocenters. The first-order chi connectivity index (χ1) is 8.72. The highest BCUT2D eigenvalue weighted by Gasteiger charge is 2.21. The summed E-state index contributed by atoms with van der Waals surface area (Å²) in [4.78, 5) is 12.9. The summed E-state index contributed by atoms with van der Waals surface area (Å²) in [6, 6.07) is 7.30. The van der Waals surface area contributed by atoms with Crippen LogP contribution in [0.4, 0.5) is 5.69 Å². The molecule has 0 aliphatic carbocycles. The van der Waals surface area contributed by atoms with Crippen LogP contribution in [0.2, 0.25) is 0 Å². The van der Waals surface area contributed by atoms with E-state index < -0.39 is 0 Å². The summed E-state index contributed by atoms with van der Waals surface area (Å²) < 4.78 is 0. The minimum Gasteiger partial charge on any atom is -0.314 e. The van der Waals surface area contributed by atoms with Crippen molar-refractivity contribution in [1.82, 2.24) is 10.2 Å². The van der Waals surface area contributed by atoms with Gasteiger partial charge in [0.1, 0.15) is 0 Å². The van der Waals surface area contributed by atoms with Gasteiger partial charge in [-0.2, -0.15) is 0 Å². The summed E-state index contributed by atoms with van der Waals surface area (Å²) in [7, 11) is 0. The van der Waals surface area contributed by atoms with Crippen molar-refractivity contribution in [1.29, 1.82) is 0 Å². The van der Waals surface area contributed by atoms with Gasteiger partial charge in [0.15, 0.2) is 0 Å². The fraction of sp³-hybridized carbons (Fsp3) is 0.538. The summed E-state index contributed by atoms with van der Waals surface area (Å²) in [5, 5.41) is 14.1. The van der Waals surface area contributed by atoms with Gasteiger partial charge in [-0.25, -0.2) is 0 Å². The first-order valence-electron chi connectivity index (χ1n) is 6.41. The van der Waals surface area contributed by atoms with Gasteiger partial charge < -0.3 is 5.32 Å². The molecule has 1 aromatic carbocycles. The first-order valence-corrected chi connectivity index (χ1v) is 6.41. The van der Waals surface area contributed by atoms with E-state index in [1.165, 1.54) is 0 Å². The molecule has 0 bridgehead atoms. The van der Waals surface area contributed by atoms with Crippen LogP contribution in [0.5, 0.6) is 0 Å². The normalized spacial score (nSPS) is 16.6. The van der Waals surface area contributed by atoms with Crippen molar-refractivity contribution in [2.75, 3.05) is 26.2 Å². The van der Waals surface area contributed by atoms with Gasteiger partial charge in [0, 0.05) is 44.4 Å². The molecule has 0 radical (unpaired) electrons. The van der Waals surface area contributed by atoms with Crippen LogP contribution in [-0.4, -0.2) is 36.0 Å². The minimum atomic E-state index is -0.325. The van der Waals surface area contributed by atoms with Crippen LogP contribution in [0.15, 0.2) is 24.3 Å². The fourth-order valence-corrected chi connectivity index (χ4v) is 2.54. The van der Waals surface area contributed by atoms with Gasteiger partial charge in [0.05, 0.1) is 4.92 Å². The quantitative estimate of drug-likeness (QED) is 0.684. The van der Waals surface area contributed by atoms with Crippen molar-refractivity contribution >= 4 is 30.5 Å². The molecule has 1 aliphatic heterocycles. The lowest BCUT2D eigenvalue weighted by atomic mass is 10.0. The van der Waals surface area contributed by atoms with E-state index in [4.69, 9.17) is 0 Å². The summed E-state index contributed by atoms with van der Waals surface area (Å²) >= 11 is 0. The average Bonchev–Trinajstić information content (AvgIpc) is 2.41. The lowest BCUT2D eigenvalue weighted by molar-refractivity contribution is -0.385. The monoisotopic (exact) mass is 321 g/mol. The fourth-order valence-electron chi connectivity index (χ4n) is 2.54. The van der Waals surface area contributed by atoms with Gasteiger partial charge in [0.2, 0.25) is 0 Å². The zero-order valence-electron chi connectivity index (χ0n) is 11.4. The summed E-state index contributed by atoms with van der Waals surface area (Å²) in [6.45, 7) is 6.12. The van der Waals surface area contributed by atoms with Gasteiger partial charge >= 0.3 is 0 Å². The Labute approximate surface area is 131 Å². The standard InChI is InChI=1S/C13H19N3O2.2ClH/c1-2-13(15-8-6-14-7-9-15)11-4-3-5-12(10-11)16(17)18;;/h3-5,10,13-14H,2,6-9H2,1H3;2*1H/t13-;;/m0../s1.